The smallest absolute Gasteiger partial charge is 0.326 e. The van der Waals surface area contributed by atoms with Crippen molar-refractivity contribution in [2.24, 2.45) is 5.73 Å². The van der Waals surface area contributed by atoms with Crippen molar-refractivity contribution in [3.8, 4) is 0 Å². The molecule has 0 bridgehead atoms. The van der Waals surface area contributed by atoms with E-state index in [0.29, 0.717) is 17.2 Å². The summed E-state index contributed by atoms with van der Waals surface area (Å²) in [5, 5.41) is 25.8. The molecule has 0 aliphatic carbocycles. The predicted octanol–water partition coefficient (Wildman–Crippen LogP) is -1.20. The zero-order chi connectivity index (χ0) is 26.4. The first-order valence-electron chi connectivity index (χ1n) is 10.6. The number of amides is 3. The normalized spacial score (nSPS) is 14.3. The van der Waals surface area contributed by atoms with E-state index in [1.807, 2.05) is 0 Å². The van der Waals surface area contributed by atoms with Crippen molar-refractivity contribution in [2.45, 2.75) is 49.9 Å². The molecule has 35 heavy (non-hydrogen) atoms. The van der Waals surface area contributed by atoms with Gasteiger partial charge >= 0.3 is 11.9 Å². The summed E-state index contributed by atoms with van der Waals surface area (Å²) in [5.41, 5.74) is 6.44. The summed E-state index contributed by atoms with van der Waals surface area (Å²) in [4.78, 5) is 67.5. The van der Waals surface area contributed by atoms with Gasteiger partial charge in [0, 0.05) is 18.3 Å². The summed E-state index contributed by atoms with van der Waals surface area (Å²) in [6.45, 7) is 0. The third-order valence-electron chi connectivity index (χ3n) is 4.81. The summed E-state index contributed by atoms with van der Waals surface area (Å²) in [5.74, 6) is -3.94. The number of rotatable bonds is 17. The largest absolute Gasteiger partial charge is 0.481 e. The Labute approximate surface area is 211 Å². The van der Waals surface area contributed by atoms with Gasteiger partial charge < -0.3 is 36.9 Å². The topological polar surface area (TPSA) is 217 Å². The highest BCUT2D eigenvalue weighted by Gasteiger charge is 2.31. The number of H-pyrrole nitrogens is 1. The van der Waals surface area contributed by atoms with Crippen molar-refractivity contribution in [2.75, 3.05) is 24.0 Å². The van der Waals surface area contributed by atoms with Gasteiger partial charge in [0.15, 0.2) is 0 Å². The highest BCUT2D eigenvalue weighted by Crippen LogP contribution is 2.06. The molecule has 1 rings (SSSR count). The van der Waals surface area contributed by atoms with Crippen LogP contribution in [0, 0.1) is 0 Å². The number of carboxylic acid groups (broad SMARTS) is 2. The molecule has 196 valence electrons. The lowest BCUT2D eigenvalue weighted by atomic mass is 10.1. The van der Waals surface area contributed by atoms with Crippen molar-refractivity contribution >= 4 is 53.2 Å². The summed E-state index contributed by atoms with van der Waals surface area (Å²) in [6.07, 6.45) is 6.20. The molecule has 1 aromatic rings. The Morgan fingerprint density at radius 1 is 0.943 bits per heavy atom. The van der Waals surface area contributed by atoms with Gasteiger partial charge in [0.2, 0.25) is 17.7 Å². The maximum Gasteiger partial charge on any atom is 0.326 e. The van der Waals surface area contributed by atoms with Crippen LogP contribution in [0.3, 0.4) is 0 Å². The van der Waals surface area contributed by atoms with E-state index in [9.17, 15) is 34.2 Å². The number of nitrogens with one attached hydrogen (secondary N) is 4. The predicted molar refractivity (Wildman–Crippen MR) is 132 cm³/mol. The second-order valence-electron chi connectivity index (χ2n) is 7.57. The van der Waals surface area contributed by atoms with Crippen LogP contribution in [0.5, 0.6) is 0 Å². The lowest BCUT2D eigenvalue weighted by Crippen LogP contribution is -2.57. The number of nitrogens with zero attached hydrogens (tertiary/aromatic N) is 1. The van der Waals surface area contributed by atoms with E-state index in [4.69, 9.17) is 5.73 Å². The highest BCUT2D eigenvalue weighted by molar-refractivity contribution is 7.98. The molecule has 13 nitrogen and oxygen atoms in total. The monoisotopic (exact) mass is 532 g/mol. The minimum absolute atomic E-state index is 0.0820. The summed E-state index contributed by atoms with van der Waals surface area (Å²) in [6, 6.07) is -4.84. The number of nitrogens with two attached hydrogens (primary N) is 1. The van der Waals surface area contributed by atoms with Gasteiger partial charge in [0.1, 0.15) is 18.1 Å². The van der Waals surface area contributed by atoms with E-state index < -0.39 is 60.2 Å². The Morgan fingerprint density at radius 2 is 1.49 bits per heavy atom. The van der Waals surface area contributed by atoms with E-state index in [-0.39, 0.29) is 19.3 Å². The molecule has 1 heterocycles. The molecule has 0 spiro atoms. The molecule has 15 heteroatoms. The Balaban J connectivity index is 2.91. The number of thioether (sulfide) groups is 2. The third kappa shape index (κ3) is 11.5. The van der Waals surface area contributed by atoms with Crippen molar-refractivity contribution in [1.82, 2.24) is 25.9 Å². The summed E-state index contributed by atoms with van der Waals surface area (Å²) >= 11 is 2.84. The average Bonchev–Trinajstić information content (AvgIpc) is 3.30. The molecule has 0 aromatic carbocycles. The van der Waals surface area contributed by atoms with E-state index in [2.05, 4.69) is 25.9 Å². The third-order valence-corrected chi connectivity index (χ3v) is 6.10. The van der Waals surface area contributed by atoms with Crippen molar-refractivity contribution in [3.05, 3.63) is 18.2 Å². The van der Waals surface area contributed by atoms with Crippen molar-refractivity contribution in [1.29, 1.82) is 0 Å². The summed E-state index contributed by atoms with van der Waals surface area (Å²) < 4.78 is 0. The van der Waals surface area contributed by atoms with Crippen LogP contribution in [-0.4, -0.2) is 98.0 Å². The molecule has 4 atom stereocenters. The molecule has 0 aliphatic rings. The van der Waals surface area contributed by atoms with Crippen molar-refractivity contribution < 1.29 is 34.2 Å². The molecule has 0 saturated heterocycles. The van der Waals surface area contributed by atoms with Gasteiger partial charge in [-0.2, -0.15) is 23.5 Å². The van der Waals surface area contributed by atoms with E-state index in [1.54, 1.807) is 12.5 Å². The SMILES string of the molecule is CSCCC(NC(=O)C(CCSC)NC(=O)C(CC(=O)O)NC(=O)C(N)Cc1cnc[nH]1)C(=O)O. The van der Waals surface area contributed by atoms with E-state index >= 15 is 0 Å². The second kappa shape index (κ2) is 16.0. The Kier molecular flexibility index (Phi) is 13.8. The molecular weight excluding hydrogens is 500 g/mol. The van der Waals surface area contributed by atoms with Gasteiger partial charge in [-0.1, -0.05) is 0 Å². The van der Waals surface area contributed by atoms with E-state index in [0.717, 1.165) is 0 Å². The fourth-order valence-corrected chi connectivity index (χ4v) is 3.87. The van der Waals surface area contributed by atoms with Gasteiger partial charge in [-0.05, 0) is 36.9 Å². The number of carbonyl (C=O) groups is 5. The molecule has 4 unspecified atom stereocenters. The first-order chi connectivity index (χ1) is 16.6. The molecule has 0 fully saturated rings. The van der Waals surface area contributed by atoms with Gasteiger partial charge in [-0.15, -0.1) is 0 Å². The molecular formula is C20H32N6O7S2. The van der Waals surface area contributed by atoms with Crippen LogP contribution in [0.1, 0.15) is 25.0 Å². The van der Waals surface area contributed by atoms with Gasteiger partial charge in [-0.25, -0.2) is 9.78 Å². The van der Waals surface area contributed by atoms with Crippen LogP contribution < -0.4 is 21.7 Å². The molecule has 3 amide bonds. The number of aliphatic carboxylic acids is 2. The number of carbonyl (C=O) groups excluding carboxylic acids is 3. The molecule has 0 radical (unpaired) electrons. The average molecular weight is 533 g/mol. The minimum atomic E-state index is -1.50. The molecule has 0 saturated carbocycles. The van der Waals surface area contributed by atoms with Crippen LogP contribution in [0.25, 0.3) is 0 Å². The number of imidazole rings is 1. The zero-order valence-corrected chi connectivity index (χ0v) is 21.1. The van der Waals surface area contributed by atoms with Crippen LogP contribution in [0.15, 0.2) is 12.5 Å². The Bertz CT molecular complexity index is 855. The van der Waals surface area contributed by atoms with Crippen molar-refractivity contribution in [3.63, 3.8) is 0 Å². The van der Waals surface area contributed by atoms with Gasteiger partial charge in [0.25, 0.3) is 0 Å². The first kappa shape index (κ1) is 30.3. The zero-order valence-electron chi connectivity index (χ0n) is 19.5. The second-order valence-corrected chi connectivity index (χ2v) is 9.54. The number of hydrogen-bond acceptors (Lipinski definition) is 9. The van der Waals surface area contributed by atoms with Crippen LogP contribution in [0.2, 0.25) is 0 Å². The quantitative estimate of drug-likeness (QED) is 0.126. The van der Waals surface area contributed by atoms with Gasteiger partial charge in [0.05, 0.1) is 18.8 Å². The van der Waals surface area contributed by atoms with Gasteiger partial charge in [-0.3, -0.25) is 19.2 Å². The van der Waals surface area contributed by atoms with Crippen LogP contribution in [0.4, 0.5) is 0 Å². The molecule has 0 aliphatic heterocycles. The standard InChI is InChI=1S/C20H32N6O7S2/c1-34-5-3-13(18(30)25-14(20(32)33)4-6-35-2)24-19(31)15(8-16(27)28)26-17(29)12(21)7-11-9-22-10-23-11/h9-10,12-15H,3-8,21H2,1-2H3,(H,22,23)(H,24,31)(H,25,30)(H,26,29)(H,27,28)(H,32,33). The Hall–Kier alpha value is -2.78. The fraction of sp³-hybridized carbons (Fsp3) is 0.600. The minimum Gasteiger partial charge on any atom is -0.481 e. The lowest BCUT2D eigenvalue weighted by Gasteiger charge is -2.24. The first-order valence-corrected chi connectivity index (χ1v) is 13.4. The highest BCUT2D eigenvalue weighted by atomic mass is 32.2. The summed E-state index contributed by atoms with van der Waals surface area (Å²) in [7, 11) is 0. The Morgan fingerprint density at radius 3 is 2.00 bits per heavy atom. The van der Waals surface area contributed by atoms with Crippen LogP contribution >= 0.6 is 23.5 Å². The number of aromatic nitrogens is 2. The number of carboxylic acids is 2. The number of hydrogen-bond donors (Lipinski definition) is 7. The molecule has 1 aromatic heterocycles. The van der Waals surface area contributed by atoms with Crippen LogP contribution in [-0.2, 0) is 30.4 Å². The fourth-order valence-electron chi connectivity index (χ4n) is 2.93. The lowest BCUT2D eigenvalue weighted by molar-refractivity contribution is -0.143. The maximum absolute atomic E-state index is 12.9. The molecule has 8 N–H and O–H groups in total. The van der Waals surface area contributed by atoms with E-state index in [1.165, 1.54) is 36.0 Å². The number of aromatic amines is 1. The maximum atomic E-state index is 12.9.